The average molecular weight is 369 g/mol. The average Bonchev–Trinajstić information content (AvgIpc) is 2.98. The van der Waals surface area contributed by atoms with E-state index in [1.54, 1.807) is 0 Å². The standard InChI is InChI=1S/C26H28N2/c1-25(15-13-20(27)14-16-25)19-12-17-26(2)23(18-19)22-10-6-7-11-24(22)28(26)21-8-4-3-5-9-21/h3-5,8-15,17-18,23H,6-7,16,27H2,1-2H3. The smallest absolute Gasteiger partial charge is 0.0712 e. The van der Waals surface area contributed by atoms with Crippen LogP contribution in [0.25, 0.3) is 0 Å². The molecule has 2 nitrogen and oxygen atoms in total. The van der Waals surface area contributed by atoms with Crippen molar-refractivity contribution in [3.05, 3.63) is 101 Å². The number of anilines is 1. The third-order valence-corrected chi connectivity index (χ3v) is 6.88. The first-order chi connectivity index (χ1) is 13.5. The maximum absolute atomic E-state index is 5.98. The molecule has 0 saturated carbocycles. The number of hydrogen-bond donors (Lipinski definition) is 1. The van der Waals surface area contributed by atoms with Crippen LogP contribution in [0, 0.1) is 11.3 Å². The van der Waals surface area contributed by atoms with Gasteiger partial charge in [-0.1, -0.05) is 67.7 Å². The lowest BCUT2D eigenvalue weighted by molar-refractivity contribution is 0.472. The molecule has 28 heavy (non-hydrogen) atoms. The highest BCUT2D eigenvalue weighted by atomic mass is 15.2. The van der Waals surface area contributed by atoms with Gasteiger partial charge in [-0.3, -0.25) is 0 Å². The monoisotopic (exact) mass is 368 g/mol. The van der Waals surface area contributed by atoms with Crippen molar-refractivity contribution in [1.29, 1.82) is 0 Å². The number of allylic oxidation sites excluding steroid dienone is 8. The number of benzene rings is 1. The molecule has 1 heterocycles. The van der Waals surface area contributed by atoms with Crippen LogP contribution in [-0.4, -0.2) is 5.54 Å². The van der Waals surface area contributed by atoms with Crippen molar-refractivity contribution in [3.8, 4) is 0 Å². The summed E-state index contributed by atoms with van der Waals surface area (Å²) < 4.78 is 0. The highest BCUT2D eigenvalue weighted by Crippen LogP contribution is 2.54. The summed E-state index contributed by atoms with van der Waals surface area (Å²) >= 11 is 0. The van der Waals surface area contributed by atoms with E-state index in [9.17, 15) is 0 Å². The second kappa shape index (κ2) is 6.13. The van der Waals surface area contributed by atoms with E-state index in [0.717, 1.165) is 25.0 Å². The fourth-order valence-corrected chi connectivity index (χ4v) is 5.17. The van der Waals surface area contributed by atoms with Crippen molar-refractivity contribution in [2.75, 3.05) is 4.90 Å². The van der Waals surface area contributed by atoms with Crippen molar-refractivity contribution in [2.45, 2.75) is 38.6 Å². The van der Waals surface area contributed by atoms with E-state index in [4.69, 9.17) is 5.73 Å². The largest absolute Gasteiger partial charge is 0.399 e. The van der Waals surface area contributed by atoms with Gasteiger partial charge in [0.1, 0.15) is 0 Å². The summed E-state index contributed by atoms with van der Waals surface area (Å²) in [6.45, 7) is 4.70. The first-order valence-electron chi connectivity index (χ1n) is 10.3. The van der Waals surface area contributed by atoms with Crippen LogP contribution in [-0.2, 0) is 0 Å². The van der Waals surface area contributed by atoms with Crippen LogP contribution in [0.2, 0.25) is 0 Å². The molecule has 0 amide bonds. The lowest BCUT2D eigenvalue weighted by Gasteiger charge is -2.41. The Hall–Kier alpha value is -2.74. The maximum atomic E-state index is 5.98. The third kappa shape index (κ3) is 2.47. The van der Waals surface area contributed by atoms with Crippen LogP contribution in [0.5, 0.6) is 0 Å². The van der Waals surface area contributed by atoms with Crippen LogP contribution in [0.1, 0.15) is 33.1 Å². The topological polar surface area (TPSA) is 29.3 Å². The SMILES string of the molecule is CC1(C2=CC3C4=CCCC=C4N(c4ccccc4)C3(C)C=C2)C=CC(N)=CC1. The van der Waals surface area contributed by atoms with Crippen LogP contribution in [0.15, 0.2) is 101 Å². The second-order valence-corrected chi connectivity index (χ2v) is 8.82. The fourth-order valence-electron chi connectivity index (χ4n) is 5.17. The quantitative estimate of drug-likeness (QED) is 0.716. The van der Waals surface area contributed by atoms with E-state index in [1.165, 1.54) is 22.5 Å². The van der Waals surface area contributed by atoms with Gasteiger partial charge in [0.15, 0.2) is 0 Å². The molecule has 1 aromatic carbocycles. The number of nitrogens with two attached hydrogens (primary N) is 1. The summed E-state index contributed by atoms with van der Waals surface area (Å²) in [7, 11) is 0. The van der Waals surface area contributed by atoms with Crippen LogP contribution in [0.3, 0.4) is 0 Å². The minimum absolute atomic E-state index is 0.0139. The van der Waals surface area contributed by atoms with Gasteiger partial charge in [0.2, 0.25) is 0 Å². The van der Waals surface area contributed by atoms with Gasteiger partial charge in [-0.25, -0.2) is 0 Å². The predicted molar refractivity (Wildman–Crippen MR) is 118 cm³/mol. The molecule has 4 aliphatic rings. The maximum Gasteiger partial charge on any atom is 0.0712 e. The van der Waals surface area contributed by atoms with E-state index < -0.39 is 0 Å². The Morgan fingerprint density at radius 2 is 1.75 bits per heavy atom. The Labute approximate surface area is 168 Å². The molecule has 1 saturated heterocycles. The predicted octanol–water partition coefficient (Wildman–Crippen LogP) is 5.79. The minimum atomic E-state index is -0.0729. The molecule has 3 atom stereocenters. The van der Waals surface area contributed by atoms with Gasteiger partial charge in [0, 0.05) is 28.4 Å². The highest BCUT2D eigenvalue weighted by Gasteiger charge is 2.50. The van der Waals surface area contributed by atoms with Gasteiger partial charge >= 0.3 is 0 Å². The highest BCUT2D eigenvalue weighted by molar-refractivity contribution is 5.70. The molecular formula is C26H28N2. The Kier molecular flexibility index (Phi) is 3.80. The number of para-hydroxylation sites is 1. The molecule has 1 aliphatic heterocycles. The molecule has 3 unspecified atom stereocenters. The zero-order chi connectivity index (χ0) is 19.4. The Bertz CT molecular complexity index is 989. The normalized spacial score (nSPS) is 33.5. The van der Waals surface area contributed by atoms with Crippen LogP contribution >= 0.6 is 0 Å². The van der Waals surface area contributed by atoms with Crippen molar-refractivity contribution in [1.82, 2.24) is 0 Å². The zero-order valence-electron chi connectivity index (χ0n) is 16.7. The number of rotatable bonds is 2. The molecule has 5 rings (SSSR count). The lowest BCUT2D eigenvalue weighted by Crippen LogP contribution is -2.44. The van der Waals surface area contributed by atoms with Crippen molar-refractivity contribution >= 4 is 5.69 Å². The molecule has 3 aliphatic carbocycles. The third-order valence-electron chi connectivity index (χ3n) is 6.88. The number of fused-ring (bicyclic) bond motifs is 3. The van der Waals surface area contributed by atoms with Crippen molar-refractivity contribution in [3.63, 3.8) is 0 Å². The van der Waals surface area contributed by atoms with Gasteiger partial charge in [-0.15, -0.1) is 0 Å². The van der Waals surface area contributed by atoms with Gasteiger partial charge in [0.05, 0.1) is 5.54 Å². The van der Waals surface area contributed by atoms with E-state index in [0.29, 0.717) is 5.92 Å². The van der Waals surface area contributed by atoms with Gasteiger partial charge < -0.3 is 10.6 Å². The first kappa shape index (κ1) is 17.4. The van der Waals surface area contributed by atoms with Gasteiger partial charge in [0.25, 0.3) is 0 Å². The molecule has 2 heteroatoms. The van der Waals surface area contributed by atoms with Crippen molar-refractivity contribution in [2.24, 2.45) is 17.1 Å². The van der Waals surface area contributed by atoms with Crippen LogP contribution < -0.4 is 10.6 Å². The lowest BCUT2D eigenvalue weighted by atomic mass is 9.69. The second-order valence-electron chi connectivity index (χ2n) is 8.82. The molecule has 0 bridgehead atoms. The number of nitrogens with zero attached hydrogens (tertiary/aromatic N) is 1. The van der Waals surface area contributed by atoms with Crippen LogP contribution in [0.4, 0.5) is 5.69 Å². The Morgan fingerprint density at radius 1 is 0.964 bits per heavy atom. The fraction of sp³-hybridized carbons (Fsp3) is 0.308. The Balaban J connectivity index is 1.60. The van der Waals surface area contributed by atoms with Crippen molar-refractivity contribution < 1.29 is 0 Å². The molecule has 0 spiro atoms. The summed E-state index contributed by atoms with van der Waals surface area (Å²) in [5.41, 5.74) is 12.3. The summed E-state index contributed by atoms with van der Waals surface area (Å²) in [6, 6.07) is 10.8. The molecule has 0 radical (unpaired) electrons. The van der Waals surface area contributed by atoms with E-state index in [2.05, 4.69) is 97.7 Å². The molecule has 142 valence electrons. The van der Waals surface area contributed by atoms with Gasteiger partial charge in [-0.05, 0) is 55.5 Å². The minimum Gasteiger partial charge on any atom is -0.399 e. The summed E-state index contributed by atoms with van der Waals surface area (Å²) in [4.78, 5) is 2.55. The molecule has 1 fully saturated rings. The van der Waals surface area contributed by atoms with Gasteiger partial charge in [-0.2, -0.15) is 0 Å². The molecule has 1 aromatic rings. The Morgan fingerprint density at radius 3 is 2.50 bits per heavy atom. The first-order valence-corrected chi connectivity index (χ1v) is 10.3. The summed E-state index contributed by atoms with van der Waals surface area (Å²) in [5, 5.41) is 0. The van der Waals surface area contributed by atoms with E-state index in [-0.39, 0.29) is 11.0 Å². The number of hydrogen-bond acceptors (Lipinski definition) is 2. The summed E-state index contributed by atoms with van der Waals surface area (Å²) in [6.07, 6.45) is 21.9. The molecule has 2 N–H and O–H groups in total. The van der Waals surface area contributed by atoms with E-state index in [1.807, 2.05) is 0 Å². The molecule has 0 aromatic heterocycles. The summed E-state index contributed by atoms with van der Waals surface area (Å²) in [5.74, 6) is 0.368. The zero-order valence-corrected chi connectivity index (χ0v) is 16.7. The molecular weight excluding hydrogens is 340 g/mol. The van der Waals surface area contributed by atoms with E-state index >= 15 is 0 Å².